The Balaban J connectivity index is 3.21. The van der Waals surface area contributed by atoms with Crippen LogP contribution < -0.4 is 5.32 Å². The SMILES string of the molecule is CC(=O)c1cc(NC(=S)SCCC(=O)O)c(C(C)=O)c(C(C)=O)c1. The number of thioether (sulfide) groups is 1. The van der Waals surface area contributed by atoms with E-state index in [4.69, 9.17) is 17.3 Å². The van der Waals surface area contributed by atoms with Crippen molar-refractivity contribution in [2.75, 3.05) is 11.1 Å². The standard InChI is InChI=1S/C16H17NO5S2/c1-8(18)11-6-12(9(2)19)15(10(3)20)13(7-11)17-16(23)24-5-4-14(21)22/h6-7H,4-5H2,1-3H3,(H,17,23)(H,21,22). The van der Waals surface area contributed by atoms with E-state index in [2.05, 4.69) is 5.32 Å². The third-order valence-electron chi connectivity index (χ3n) is 3.06. The number of aliphatic carboxylic acids is 1. The number of carbonyl (C=O) groups excluding carboxylic acids is 3. The van der Waals surface area contributed by atoms with Gasteiger partial charge in [0.15, 0.2) is 17.3 Å². The molecule has 6 nitrogen and oxygen atoms in total. The average molecular weight is 367 g/mol. The number of nitrogens with one attached hydrogen (secondary N) is 1. The average Bonchev–Trinajstić information content (AvgIpc) is 2.45. The fourth-order valence-corrected chi connectivity index (χ4v) is 2.98. The Bertz CT molecular complexity index is 727. The first-order valence-corrected chi connectivity index (χ1v) is 8.39. The molecule has 2 N–H and O–H groups in total. The highest BCUT2D eigenvalue weighted by molar-refractivity contribution is 8.23. The van der Waals surface area contributed by atoms with Crippen LogP contribution in [0.4, 0.5) is 5.69 Å². The third-order valence-corrected chi connectivity index (χ3v) is 4.29. The zero-order valence-electron chi connectivity index (χ0n) is 13.5. The second kappa shape index (κ2) is 8.70. The van der Waals surface area contributed by atoms with E-state index in [1.165, 1.54) is 32.9 Å². The molecule has 1 aromatic rings. The molecule has 0 amide bonds. The van der Waals surface area contributed by atoms with E-state index in [1.54, 1.807) is 0 Å². The number of hydrogen-bond donors (Lipinski definition) is 2. The lowest BCUT2D eigenvalue weighted by Gasteiger charge is -2.15. The van der Waals surface area contributed by atoms with Gasteiger partial charge >= 0.3 is 5.97 Å². The fraction of sp³-hybridized carbons (Fsp3) is 0.312. The second-order valence-electron chi connectivity index (χ2n) is 5.02. The highest BCUT2D eigenvalue weighted by Crippen LogP contribution is 2.26. The van der Waals surface area contributed by atoms with E-state index in [1.807, 2.05) is 0 Å². The Labute approximate surface area is 149 Å². The van der Waals surface area contributed by atoms with Crippen molar-refractivity contribution in [2.45, 2.75) is 27.2 Å². The maximum absolute atomic E-state index is 12.0. The van der Waals surface area contributed by atoms with Gasteiger partial charge < -0.3 is 10.4 Å². The third kappa shape index (κ3) is 5.54. The van der Waals surface area contributed by atoms with Gasteiger partial charge in [0.25, 0.3) is 0 Å². The minimum Gasteiger partial charge on any atom is -0.481 e. The number of thiocarbonyl (C=S) groups is 1. The molecule has 0 saturated heterocycles. The highest BCUT2D eigenvalue weighted by atomic mass is 32.2. The lowest BCUT2D eigenvalue weighted by molar-refractivity contribution is -0.136. The van der Waals surface area contributed by atoms with E-state index in [-0.39, 0.29) is 56.2 Å². The Morgan fingerprint density at radius 1 is 1.08 bits per heavy atom. The number of carbonyl (C=O) groups is 4. The molecule has 0 unspecified atom stereocenters. The molecule has 128 valence electrons. The zero-order chi connectivity index (χ0) is 18.4. The molecule has 0 fully saturated rings. The van der Waals surface area contributed by atoms with E-state index in [9.17, 15) is 19.2 Å². The van der Waals surface area contributed by atoms with Crippen molar-refractivity contribution < 1.29 is 24.3 Å². The molecule has 1 aromatic carbocycles. The van der Waals surface area contributed by atoms with Crippen LogP contribution >= 0.6 is 24.0 Å². The Morgan fingerprint density at radius 2 is 1.71 bits per heavy atom. The van der Waals surface area contributed by atoms with Crippen LogP contribution in [-0.4, -0.2) is 38.5 Å². The topological polar surface area (TPSA) is 101 Å². The van der Waals surface area contributed by atoms with Crippen LogP contribution in [0.3, 0.4) is 0 Å². The minimum atomic E-state index is -0.938. The number of rotatable bonds is 7. The lowest BCUT2D eigenvalue weighted by atomic mass is 9.95. The van der Waals surface area contributed by atoms with Gasteiger partial charge in [0, 0.05) is 16.9 Å². The quantitative estimate of drug-likeness (QED) is 0.560. The molecule has 24 heavy (non-hydrogen) atoms. The van der Waals surface area contributed by atoms with Gasteiger partial charge in [-0.15, -0.1) is 0 Å². The van der Waals surface area contributed by atoms with Gasteiger partial charge in [0.1, 0.15) is 4.32 Å². The number of anilines is 1. The van der Waals surface area contributed by atoms with E-state index in [0.29, 0.717) is 0 Å². The summed E-state index contributed by atoms with van der Waals surface area (Å²) in [6.45, 7) is 3.99. The first kappa shape index (κ1) is 20.0. The summed E-state index contributed by atoms with van der Waals surface area (Å²) in [6, 6.07) is 2.86. The summed E-state index contributed by atoms with van der Waals surface area (Å²) < 4.78 is 0.258. The number of carboxylic acid groups (broad SMARTS) is 1. The molecular weight excluding hydrogens is 350 g/mol. The number of Topliss-reactive ketones (excluding diaryl/α,β-unsaturated/α-hetero) is 3. The Kier molecular flexibility index (Phi) is 7.24. The summed E-state index contributed by atoms with van der Waals surface area (Å²) in [5.41, 5.74) is 0.865. The predicted octanol–water partition coefficient (Wildman–Crippen LogP) is 3.20. The van der Waals surface area contributed by atoms with Gasteiger partial charge in [-0.05, 0) is 32.9 Å². The summed E-state index contributed by atoms with van der Waals surface area (Å²) in [7, 11) is 0. The summed E-state index contributed by atoms with van der Waals surface area (Å²) in [5, 5.41) is 11.5. The molecule has 0 spiro atoms. The van der Waals surface area contributed by atoms with Gasteiger partial charge in [-0.25, -0.2) is 0 Å². The highest BCUT2D eigenvalue weighted by Gasteiger charge is 2.20. The largest absolute Gasteiger partial charge is 0.481 e. The molecule has 0 aromatic heterocycles. The Hall–Kier alpha value is -2.06. The summed E-state index contributed by atoms with van der Waals surface area (Å²) >= 11 is 6.24. The number of ketones is 3. The van der Waals surface area contributed by atoms with Crippen LogP contribution in [0.1, 0.15) is 58.3 Å². The number of benzene rings is 1. The number of hydrogen-bond acceptors (Lipinski definition) is 6. The van der Waals surface area contributed by atoms with E-state index < -0.39 is 5.97 Å². The zero-order valence-corrected chi connectivity index (χ0v) is 15.1. The van der Waals surface area contributed by atoms with E-state index >= 15 is 0 Å². The lowest BCUT2D eigenvalue weighted by Crippen LogP contribution is -2.15. The van der Waals surface area contributed by atoms with Gasteiger partial charge in [-0.3, -0.25) is 19.2 Å². The molecule has 1 rings (SSSR count). The van der Waals surface area contributed by atoms with Crippen LogP contribution in [0.2, 0.25) is 0 Å². The van der Waals surface area contributed by atoms with Crippen molar-refractivity contribution in [3.05, 3.63) is 28.8 Å². The van der Waals surface area contributed by atoms with Crippen molar-refractivity contribution in [3.8, 4) is 0 Å². The first-order valence-electron chi connectivity index (χ1n) is 7.00. The monoisotopic (exact) mass is 367 g/mol. The van der Waals surface area contributed by atoms with Crippen LogP contribution in [0.5, 0.6) is 0 Å². The predicted molar refractivity (Wildman–Crippen MR) is 97.4 cm³/mol. The van der Waals surface area contributed by atoms with Crippen molar-refractivity contribution in [2.24, 2.45) is 0 Å². The van der Waals surface area contributed by atoms with Crippen LogP contribution in [0, 0.1) is 0 Å². The maximum Gasteiger partial charge on any atom is 0.304 e. The minimum absolute atomic E-state index is 0.0573. The molecule has 0 radical (unpaired) electrons. The number of carboxylic acids is 1. The van der Waals surface area contributed by atoms with Crippen molar-refractivity contribution in [1.29, 1.82) is 0 Å². The van der Waals surface area contributed by atoms with Crippen LogP contribution in [0.15, 0.2) is 12.1 Å². The molecule has 0 aliphatic heterocycles. The van der Waals surface area contributed by atoms with Gasteiger partial charge in [-0.1, -0.05) is 24.0 Å². The first-order chi connectivity index (χ1) is 11.1. The molecule has 0 saturated carbocycles. The van der Waals surface area contributed by atoms with Crippen molar-refractivity contribution in [1.82, 2.24) is 0 Å². The van der Waals surface area contributed by atoms with Crippen molar-refractivity contribution in [3.63, 3.8) is 0 Å². The van der Waals surface area contributed by atoms with Gasteiger partial charge in [0.05, 0.1) is 17.7 Å². The summed E-state index contributed by atoms with van der Waals surface area (Å²) in [4.78, 5) is 46.0. The molecule has 0 aliphatic carbocycles. The molecule has 0 heterocycles. The van der Waals surface area contributed by atoms with Gasteiger partial charge in [0.2, 0.25) is 0 Å². The Morgan fingerprint density at radius 3 is 2.17 bits per heavy atom. The normalized spacial score (nSPS) is 10.1. The second-order valence-corrected chi connectivity index (χ2v) is 6.79. The molecule has 8 heteroatoms. The molecule has 0 atom stereocenters. The molecule has 0 bridgehead atoms. The summed E-state index contributed by atoms with van der Waals surface area (Å²) in [5.74, 6) is -1.60. The molecular formula is C16H17NO5S2. The van der Waals surface area contributed by atoms with Crippen LogP contribution in [0.25, 0.3) is 0 Å². The smallest absolute Gasteiger partial charge is 0.304 e. The maximum atomic E-state index is 12.0. The fourth-order valence-electron chi connectivity index (χ4n) is 1.98. The van der Waals surface area contributed by atoms with E-state index in [0.717, 1.165) is 11.8 Å². The van der Waals surface area contributed by atoms with Crippen molar-refractivity contribution >= 4 is 57.3 Å². The summed E-state index contributed by atoms with van der Waals surface area (Å²) in [6.07, 6.45) is -0.0573. The van der Waals surface area contributed by atoms with Gasteiger partial charge in [-0.2, -0.15) is 0 Å². The molecule has 0 aliphatic rings. The van der Waals surface area contributed by atoms with Crippen LogP contribution in [-0.2, 0) is 4.79 Å².